The first-order chi connectivity index (χ1) is 12.0. The van der Waals surface area contributed by atoms with Crippen molar-refractivity contribution in [2.45, 2.75) is 38.6 Å². The summed E-state index contributed by atoms with van der Waals surface area (Å²) in [4.78, 5) is 25.5. The van der Waals surface area contributed by atoms with Gasteiger partial charge < -0.3 is 14.6 Å². The maximum absolute atomic E-state index is 12.6. The second-order valence-electron chi connectivity index (χ2n) is 6.64. The van der Waals surface area contributed by atoms with E-state index in [2.05, 4.69) is 28.6 Å². The number of likely N-dealkylation sites (tertiary alicyclic amines) is 1. The van der Waals surface area contributed by atoms with Gasteiger partial charge >= 0.3 is 5.97 Å². The van der Waals surface area contributed by atoms with Crippen LogP contribution < -0.4 is 0 Å². The van der Waals surface area contributed by atoms with E-state index in [1.165, 1.54) is 12.1 Å². The van der Waals surface area contributed by atoms with Crippen LogP contribution >= 0.6 is 0 Å². The number of aromatic nitrogens is 3. The van der Waals surface area contributed by atoms with E-state index in [1.807, 2.05) is 0 Å². The first kappa shape index (κ1) is 17.1. The summed E-state index contributed by atoms with van der Waals surface area (Å²) >= 11 is 0. The number of aromatic carboxylic acids is 1. The van der Waals surface area contributed by atoms with Crippen LogP contribution in [0.15, 0.2) is 30.6 Å². The van der Waals surface area contributed by atoms with Crippen LogP contribution in [0.25, 0.3) is 0 Å². The van der Waals surface area contributed by atoms with Gasteiger partial charge in [-0.3, -0.25) is 4.79 Å². The molecule has 1 aliphatic rings. The summed E-state index contributed by atoms with van der Waals surface area (Å²) in [5.41, 5.74) is 0.550. The lowest BCUT2D eigenvalue weighted by Gasteiger charge is -2.32. The van der Waals surface area contributed by atoms with Crippen molar-refractivity contribution in [2.75, 3.05) is 13.1 Å². The third-order valence-electron chi connectivity index (χ3n) is 4.66. The van der Waals surface area contributed by atoms with Crippen molar-refractivity contribution in [2.24, 2.45) is 0 Å². The number of carboxylic acids is 1. The second kappa shape index (κ2) is 7.04. The minimum atomic E-state index is -1.03. The Balaban J connectivity index is 1.68. The van der Waals surface area contributed by atoms with Gasteiger partial charge in [-0.05, 0) is 44.9 Å². The van der Waals surface area contributed by atoms with Gasteiger partial charge in [-0.1, -0.05) is 6.07 Å². The van der Waals surface area contributed by atoms with Crippen LogP contribution in [0.2, 0.25) is 0 Å². The largest absolute Gasteiger partial charge is 0.478 e. The molecule has 1 N–H and O–H groups in total. The van der Waals surface area contributed by atoms with Gasteiger partial charge in [0.05, 0.1) is 5.56 Å². The quantitative estimate of drug-likeness (QED) is 0.922. The number of amides is 1. The number of nitrogens with zero attached hydrogens (tertiary/aromatic N) is 4. The minimum Gasteiger partial charge on any atom is -0.478 e. The van der Waals surface area contributed by atoms with Crippen LogP contribution in [0.3, 0.4) is 0 Å². The van der Waals surface area contributed by atoms with Gasteiger partial charge in [-0.15, -0.1) is 10.2 Å². The molecule has 1 aliphatic heterocycles. The zero-order valence-corrected chi connectivity index (χ0v) is 14.4. The van der Waals surface area contributed by atoms with Crippen molar-refractivity contribution in [3.8, 4) is 0 Å². The average molecular weight is 342 g/mol. The van der Waals surface area contributed by atoms with Crippen LogP contribution in [0, 0.1) is 0 Å². The fraction of sp³-hybridized carbons (Fsp3) is 0.444. The summed E-state index contributed by atoms with van der Waals surface area (Å²) in [5, 5.41) is 17.4. The number of piperidine rings is 1. The molecule has 0 aliphatic carbocycles. The number of rotatable bonds is 4. The zero-order chi connectivity index (χ0) is 18.0. The van der Waals surface area contributed by atoms with Gasteiger partial charge in [0.1, 0.15) is 12.2 Å². The van der Waals surface area contributed by atoms with E-state index >= 15 is 0 Å². The molecular weight excluding hydrogens is 320 g/mol. The summed E-state index contributed by atoms with van der Waals surface area (Å²) in [7, 11) is 0. The van der Waals surface area contributed by atoms with Crippen LogP contribution in [0.1, 0.15) is 65.2 Å². The number of carbonyl (C=O) groups is 2. The topological polar surface area (TPSA) is 88.3 Å². The highest BCUT2D eigenvalue weighted by molar-refractivity contribution is 5.97. The SMILES string of the molecule is CC(C)n1cnnc1C1CCN(C(=O)c2cccc(C(=O)O)c2)CC1. The molecule has 0 bridgehead atoms. The highest BCUT2D eigenvalue weighted by Gasteiger charge is 2.28. The highest BCUT2D eigenvalue weighted by atomic mass is 16.4. The predicted molar refractivity (Wildman–Crippen MR) is 91.7 cm³/mol. The third-order valence-corrected chi connectivity index (χ3v) is 4.66. The molecule has 2 aromatic rings. The molecule has 25 heavy (non-hydrogen) atoms. The maximum Gasteiger partial charge on any atom is 0.335 e. The summed E-state index contributed by atoms with van der Waals surface area (Å²) < 4.78 is 2.08. The molecule has 1 aromatic carbocycles. The molecule has 0 spiro atoms. The van der Waals surface area contributed by atoms with Gasteiger partial charge in [-0.2, -0.15) is 0 Å². The Kier molecular flexibility index (Phi) is 4.83. The lowest BCUT2D eigenvalue weighted by Crippen LogP contribution is -2.38. The Morgan fingerprint density at radius 2 is 1.88 bits per heavy atom. The van der Waals surface area contributed by atoms with E-state index in [1.54, 1.807) is 23.4 Å². The van der Waals surface area contributed by atoms with E-state index in [4.69, 9.17) is 5.11 Å². The second-order valence-corrected chi connectivity index (χ2v) is 6.64. The Bertz CT molecular complexity index is 776. The maximum atomic E-state index is 12.6. The van der Waals surface area contributed by atoms with E-state index in [9.17, 15) is 9.59 Å². The lowest BCUT2D eigenvalue weighted by molar-refractivity contribution is 0.0697. The normalized spacial score (nSPS) is 15.6. The van der Waals surface area contributed by atoms with Crippen LogP contribution in [-0.2, 0) is 0 Å². The van der Waals surface area contributed by atoms with Gasteiger partial charge in [-0.25, -0.2) is 4.79 Å². The van der Waals surface area contributed by atoms with E-state index in [0.29, 0.717) is 30.6 Å². The fourth-order valence-corrected chi connectivity index (χ4v) is 3.25. The molecule has 0 unspecified atom stereocenters. The van der Waals surface area contributed by atoms with Gasteiger partial charge in [0.15, 0.2) is 0 Å². The molecule has 7 heteroatoms. The van der Waals surface area contributed by atoms with Crippen molar-refractivity contribution in [1.29, 1.82) is 0 Å². The highest BCUT2D eigenvalue weighted by Crippen LogP contribution is 2.28. The lowest BCUT2D eigenvalue weighted by atomic mass is 9.95. The molecular formula is C18H22N4O3. The summed E-state index contributed by atoms with van der Waals surface area (Å²) in [6, 6.07) is 6.50. The van der Waals surface area contributed by atoms with Crippen molar-refractivity contribution >= 4 is 11.9 Å². The summed E-state index contributed by atoms with van der Waals surface area (Å²) in [5.74, 6) is 0.127. The van der Waals surface area contributed by atoms with E-state index < -0.39 is 5.97 Å². The Hall–Kier alpha value is -2.70. The molecule has 132 valence electrons. The van der Waals surface area contributed by atoms with Gasteiger partial charge in [0, 0.05) is 30.6 Å². The average Bonchev–Trinajstić information content (AvgIpc) is 3.11. The van der Waals surface area contributed by atoms with Crippen molar-refractivity contribution in [3.05, 3.63) is 47.5 Å². The fourth-order valence-electron chi connectivity index (χ4n) is 3.25. The van der Waals surface area contributed by atoms with E-state index in [0.717, 1.165) is 18.7 Å². The molecule has 1 saturated heterocycles. The number of benzene rings is 1. The smallest absolute Gasteiger partial charge is 0.335 e. The zero-order valence-electron chi connectivity index (χ0n) is 14.4. The Morgan fingerprint density at radius 1 is 1.20 bits per heavy atom. The Labute approximate surface area is 146 Å². The van der Waals surface area contributed by atoms with Crippen molar-refractivity contribution in [3.63, 3.8) is 0 Å². The summed E-state index contributed by atoms with van der Waals surface area (Å²) in [6.45, 7) is 5.46. The molecule has 1 aromatic heterocycles. The molecule has 1 amide bonds. The Morgan fingerprint density at radius 3 is 2.52 bits per heavy atom. The third kappa shape index (κ3) is 3.55. The first-order valence-corrected chi connectivity index (χ1v) is 8.49. The number of hydrogen-bond donors (Lipinski definition) is 1. The minimum absolute atomic E-state index is 0.119. The van der Waals surface area contributed by atoms with Crippen LogP contribution in [-0.4, -0.2) is 49.7 Å². The number of hydrogen-bond acceptors (Lipinski definition) is 4. The molecule has 0 radical (unpaired) electrons. The molecule has 7 nitrogen and oxygen atoms in total. The molecule has 1 fully saturated rings. The van der Waals surface area contributed by atoms with Gasteiger partial charge in [0.2, 0.25) is 0 Å². The van der Waals surface area contributed by atoms with Crippen LogP contribution in [0.4, 0.5) is 0 Å². The standard InChI is InChI=1S/C18H22N4O3/c1-12(2)22-11-19-20-16(22)13-6-8-21(9-7-13)17(23)14-4-3-5-15(10-14)18(24)25/h3-5,10-13H,6-9H2,1-2H3,(H,24,25). The van der Waals surface area contributed by atoms with E-state index in [-0.39, 0.29) is 11.5 Å². The summed E-state index contributed by atoms with van der Waals surface area (Å²) in [6.07, 6.45) is 3.42. The first-order valence-electron chi connectivity index (χ1n) is 8.49. The molecule has 3 rings (SSSR count). The van der Waals surface area contributed by atoms with Gasteiger partial charge in [0.25, 0.3) is 5.91 Å². The molecule has 0 saturated carbocycles. The van der Waals surface area contributed by atoms with Crippen molar-refractivity contribution < 1.29 is 14.7 Å². The number of carbonyl (C=O) groups excluding carboxylic acids is 1. The predicted octanol–water partition coefficient (Wildman–Crippen LogP) is 2.58. The molecule has 0 atom stereocenters. The monoisotopic (exact) mass is 342 g/mol. The number of carboxylic acid groups (broad SMARTS) is 1. The van der Waals surface area contributed by atoms with Crippen LogP contribution in [0.5, 0.6) is 0 Å². The van der Waals surface area contributed by atoms with Crippen molar-refractivity contribution in [1.82, 2.24) is 19.7 Å². The molecule has 2 heterocycles.